The van der Waals surface area contributed by atoms with Gasteiger partial charge in [-0.15, -0.1) is 0 Å². The molecule has 0 fully saturated rings. The molecule has 0 spiro atoms. The molecule has 1 unspecified atom stereocenters. The number of halogens is 1. The molecule has 3 nitrogen and oxygen atoms in total. The molecule has 0 amide bonds. The predicted octanol–water partition coefficient (Wildman–Crippen LogP) is 3.67. The fourth-order valence-corrected chi connectivity index (χ4v) is 2.55. The van der Waals surface area contributed by atoms with Crippen LogP contribution in [0.3, 0.4) is 0 Å². The van der Waals surface area contributed by atoms with Gasteiger partial charge in [-0.2, -0.15) is 0 Å². The number of benzene rings is 1. The SMILES string of the molecule is CCC(=O)OCCC1(c2ccc(Br)cc2)C=CC=NC1. The van der Waals surface area contributed by atoms with Crippen molar-refractivity contribution in [3.63, 3.8) is 0 Å². The summed E-state index contributed by atoms with van der Waals surface area (Å²) in [5, 5.41) is 0. The van der Waals surface area contributed by atoms with E-state index < -0.39 is 0 Å². The maximum atomic E-state index is 11.3. The van der Waals surface area contributed by atoms with Gasteiger partial charge < -0.3 is 4.74 Å². The fraction of sp³-hybridized carbons (Fsp3) is 0.375. The summed E-state index contributed by atoms with van der Waals surface area (Å²) in [7, 11) is 0. The highest BCUT2D eigenvalue weighted by molar-refractivity contribution is 9.10. The number of nitrogens with zero attached hydrogens (tertiary/aromatic N) is 1. The van der Waals surface area contributed by atoms with Gasteiger partial charge in [-0.3, -0.25) is 9.79 Å². The zero-order chi connectivity index (χ0) is 14.4. The van der Waals surface area contributed by atoms with Crippen molar-refractivity contribution in [1.29, 1.82) is 0 Å². The summed E-state index contributed by atoms with van der Waals surface area (Å²) < 4.78 is 6.28. The van der Waals surface area contributed by atoms with E-state index in [4.69, 9.17) is 4.74 Å². The molecule has 1 aromatic rings. The van der Waals surface area contributed by atoms with Crippen molar-refractivity contribution in [2.45, 2.75) is 25.2 Å². The van der Waals surface area contributed by atoms with E-state index in [0.717, 1.165) is 10.9 Å². The van der Waals surface area contributed by atoms with Gasteiger partial charge in [0.05, 0.1) is 13.2 Å². The van der Waals surface area contributed by atoms with Gasteiger partial charge >= 0.3 is 5.97 Å². The van der Waals surface area contributed by atoms with Gasteiger partial charge in [0.15, 0.2) is 0 Å². The Hall–Kier alpha value is -1.42. The fourth-order valence-electron chi connectivity index (χ4n) is 2.28. The molecule has 0 radical (unpaired) electrons. The zero-order valence-corrected chi connectivity index (χ0v) is 13.1. The summed E-state index contributed by atoms with van der Waals surface area (Å²) in [5.41, 5.74) is 1.02. The van der Waals surface area contributed by atoms with Crippen LogP contribution in [0.5, 0.6) is 0 Å². The highest BCUT2D eigenvalue weighted by atomic mass is 79.9. The van der Waals surface area contributed by atoms with E-state index in [1.54, 1.807) is 6.92 Å². The third-order valence-electron chi connectivity index (χ3n) is 3.50. The summed E-state index contributed by atoms with van der Waals surface area (Å²) in [6.07, 6.45) is 7.10. The molecular formula is C16H18BrNO2. The predicted molar refractivity (Wildman–Crippen MR) is 84.2 cm³/mol. The molecular weight excluding hydrogens is 318 g/mol. The Morgan fingerprint density at radius 3 is 2.75 bits per heavy atom. The lowest BCUT2D eigenvalue weighted by Gasteiger charge is -2.31. The van der Waals surface area contributed by atoms with Crippen molar-refractivity contribution in [2.75, 3.05) is 13.2 Å². The van der Waals surface area contributed by atoms with E-state index in [1.165, 1.54) is 5.56 Å². The number of dihydropyridines is 1. The first kappa shape index (κ1) is 15.0. The van der Waals surface area contributed by atoms with Crippen LogP contribution in [0.1, 0.15) is 25.3 Å². The minimum Gasteiger partial charge on any atom is -0.466 e. The third kappa shape index (κ3) is 3.57. The van der Waals surface area contributed by atoms with Crippen molar-refractivity contribution in [2.24, 2.45) is 4.99 Å². The summed E-state index contributed by atoms with van der Waals surface area (Å²) in [4.78, 5) is 15.6. The van der Waals surface area contributed by atoms with Crippen LogP contribution in [0.4, 0.5) is 0 Å². The van der Waals surface area contributed by atoms with E-state index in [2.05, 4.69) is 39.1 Å². The number of allylic oxidation sites excluding steroid dienone is 1. The van der Waals surface area contributed by atoms with Gasteiger partial charge in [0.1, 0.15) is 0 Å². The van der Waals surface area contributed by atoms with Gasteiger partial charge in [0.25, 0.3) is 0 Å². The molecule has 2 rings (SSSR count). The van der Waals surface area contributed by atoms with Crippen LogP contribution in [0.15, 0.2) is 45.9 Å². The van der Waals surface area contributed by atoms with E-state index in [9.17, 15) is 4.79 Å². The Morgan fingerprint density at radius 1 is 1.40 bits per heavy atom. The Morgan fingerprint density at radius 2 is 2.15 bits per heavy atom. The lowest BCUT2D eigenvalue weighted by atomic mass is 9.76. The van der Waals surface area contributed by atoms with Crippen molar-refractivity contribution in [3.8, 4) is 0 Å². The monoisotopic (exact) mass is 335 g/mol. The quantitative estimate of drug-likeness (QED) is 0.770. The van der Waals surface area contributed by atoms with Gasteiger partial charge in [-0.25, -0.2) is 0 Å². The molecule has 0 N–H and O–H groups in total. The number of hydrogen-bond donors (Lipinski definition) is 0. The van der Waals surface area contributed by atoms with Crippen LogP contribution in [0.25, 0.3) is 0 Å². The van der Waals surface area contributed by atoms with Crippen molar-refractivity contribution in [3.05, 3.63) is 46.5 Å². The molecule has 0 aromatic heterocycles. The van der Waals surface area contributed by atoms with Gasteiger partial charge in [-0.05, 0) is 30.2 Å². The second-order valence-corrected chi connectivity index (χ2v) is 5.75. The van der Waals surface area contributed by atoms with E-state index >= 15 is 0 Å². The van der Waals surface area contributed by atoms with E-state index in [-0.39, 0.29) is 11.4 Å². The molecule has 20 heavy (non-hydrogen) atoms. The van der Waals surface area contributed by atoms with Gasteiger partial charge in [0, 0.05) is 22.5 Å². The smallest absolute Gasteiger partial charge is 0.305 e. The molecule has 0 aliphatic carbocycles. The third-order valence-corrected chi connectivity index (χ3v) is 4.03. The summed E-state index contributed by atoms with van der Waals surface area (Å²) in [6.45, 7) is 2.91. The Balaban J connectivity index is 2.14. The first-order valence-corrected chi connectivity index (χ1v) is 7.55. The number of carbonyl (C=O) groups excluding carboxylic acids is 1. The minimum absolute atomic E-state index is 0.153. The molecule has 1 aliphatic heterocycles. The van der Waals surface area contributed by atoms with Crippen LogP contribution in [0, 0.1) is 0 Å². The molecule has 0 saturated carbocycles. The van der Waals surface area contributed by atoms with E-state index in [1.807, 2.05) is 24.4 Å². The molecule has 4 heteroatoms. The largest absolute Gasteiger partial charge is 0.466 e. The Labute approximate surface area is 127 Å². The normalized spacial score (nSPS) is 20.9. The van der Waals surface area contributed by atoms with Crippen LogP contribution >= 0.6 is 15.9 Å². The molecule has 106 valence electrons. The second kappa shape index (κ2) is 6.84. The average Bonchev–Trinajstić information content (AvgIpc) is 2.48. The average molecular weight is 336 g/mol. The molecule has 0 bridgehead atoms. The molecule has 1 aromatic carbocycles. The molecule has 1 aliphatic rings. The number of aliphatic imine (C=N–C) groups is 1. The maximum absolute atomic E-state index is 11.3. The lowest BCUT2D eigenvalue weighted by Crippen LogP contribution is -2.31. The number of esters is 1. The number of ether oxygens (including phenoxy) is 1. The highest BCUT2D eigenvalue weighted by Gasteiger charge is 2.30. The first-order chi connectivity index (χ1) is 9.66. The maximum Gasteiger partial charge on any atom is 0.305 e. The molecule has 0 saturated heterocycles. The first-order valence-electron chi connectivity index (χ1n) is 6.75. The number of hydrogen-bond acceptors (Lipinski definition) is 3. The van der Waals surface area contributed by atoms with Crippen molar-refractivity contribution >= 4 is 28.1 Å². The van der Waals surface area contributed by atoms with Crippen LogP contribution in [-0.4, -0.2) is 25.3 Å². The minimum atomic E-state index is -0.177. The van der Waals surface area contributed by atoms with E-state index in [0.29, 0.717) is 19.6 Å². The van der Waals surface area contributed by atoms with Crippen molar-refractivity contribution < 1.29 is 9.53 Å². The summed E-state index contributed by atoms with van der Waals surface area (Å²) in [5.74, 6) is -0.153. The highest BCUT2D eigenvalue weighted by Crippen LogP contribution is 2.32. The van der Waals surface area contributed by atoms with Crippen molar-refractivity contribution in [1.82, 2.24) is 0 Å². The molecule has 1 heterocycles. The summed E-state index contributed by atoms with van der Waals surface area (Å²) >= 11 is 3.45. The topological polar surface area (TPSA) is 38.7 Å². The van der Waals surface area contributed by atoms with Gasteiger partial charge in [-0.1, -0.05) is 41.1 Å². The number of rotatable bonds is 5. The second-order valence-electron chi connectivity index (χ2n) is 4.84. The van der Waals surface area contributed by atoms with Crippen LogP contribution in [-0.2, 0) is 14.9 Å². The van der Waals surface area contributed by atoms with Crippen LogP contribution in [0.2, 0.25) is 0 Å². The standard InChI is InChI=1S/C16H18BrNO2/c1-2-15(19)20-11-9-16(8-3-10-18-12-16)13-4-6-14(17)7-5-13/h3-8,10H,2,9,11-12H2,1H3. The Kier molecular flexibility index (Phi) is 5.12. The molecule has 1 atom stereocenters. The van der Waals surface area contributed by atoms with Gasteiger partial charge in [0.2, 0.25) is 0 Å². The number of carbonyl (C=O) groups is 1. The Bertz CT molecular complexity index is 522. The summed E-state index contributed by atoms with van der Waals surface area (Å²) in [6, 6.07) is 8.25. The van der Waals surface area contributed by atoms with Crippen LogP contribution < -0.4 is 0 Å². The lowest BCUT2D eigenvalue weighted by molar-refractivity contribution is -0.143. The zero-order valence-electron chi connectivity index (χ0n) is 11.5.